The van der Waals surface area contributed by atoms with Crippen LogP contribution in [-0.4, -0.2) is 23.8 Å². The minimum absolute atomic E-state index is 0.315. The van der Waals surface area contributed by atoms with Crippen molar-refractivity contribution in [3.8, 4) is 17.1 Å². The molecule has 0 fully saturated rings. The Morgan fingerprint density at radius 1 is 1.00 bits per heavy atom. The van der Waals surface area contributed by atoms with E-state index in [1.165, 1.54) is 24.3 Å². The van der Waals surface area contributed by atoms with Crippen LogP contribution in [0.2, 0.25) is 0 Å². The first-order valence-electron chi connectivity index (χ1n) is 11.7. The zero-order valence-electron chi connectivity index (χ0n) is 20.7. The molecule has 0 bridgehead atoms. The Kier molecular flexibility index (Phi) is 7.16. The molecule has 0 aliphatic carbocycles. The molecule has 5 aromatic rings. The SMILES string of the molecule is Cc1cccc(C)c1NC(=O)NSN=Cc1ccc2c(ccc3c(-c4ccc(OC(F)(F)F)cc4)onc32)c1. The van der Waals surface area contributed by atoms with Gasteiger partial charge in [0.1, 0.15) is 11.3 Å². The molecule has 4 aromatic carbocycles. The van der Waals surface area contributed by atoms with Gasteiger partial charge in [0.25, 0.3) is 0 Å². The van der Waals surface area contributed by atoms with Crippen LogP contribution < -0.4 is 14.8 Å². The Morgan fingerprint density at radius 2 is 1.72 bits per heavy atom. The number of aryl methyl sites for hydroxylation is 2. The number of fused-ring (bicyclic) bond motifs is 3. The number of alkyl halides is 3. The van der Waals surface area contributed by atoms with Gasteiger partial charge in [-0.15, -0.1) is 13.2 Å². The van der Waals surface area contributed by atoms with E-state index in [-0.39, 0.29) is 11.8 Å². The molecule has 7 nitrogen and oxygen atoms in total. The summed E-state index contributed by atoms with van der Waals surface area (Å²) in [5.74, 6) is 0.128. The highest BCUT2D eigenvalue weighted by Gasteiger charge is 2.31. The van der Waals surface area contributed by atoms with Crippen molar-refractivity contribution in [2.45, 2.75) is 20.2 Å². The minimum atomic E-state index is -4.76. The molecule has 0 atom stereocenters. The summed E-state index contributed by atoms with van der Waals surface area (Å²) in [4.78, 5) is 12.2. The smallest absolute Gasteiger partial charge is 0.406 e. The number of para-hydroxylation sites is 1. The number of hydrogen-bond donors (Lipinski definition) is 2. The van der Waals surface area contributed by atoms with Gasteiger partial charge in [0, 0.05) is 22.9 Å². The maximum Gasteiger partial charge on any atom is 0.573 e. The number of amides is 2. The Hall–Kier alpha value is -4.51. The highest BCUT2D eigenvalue weighted by molar-refractivity contribution is 7.96. The van der Waals surface area contributed by atoms with Crippen LogP contribution in [0.1, 0.15) is 16.7 Å². The second-order valence-electron chi connectivity index (χ2n) is 8.67. The van der Waals surface area contributed by atoms with E-state index in [9.17, 15) is 18.0 Å². The lowest BCUT2D eigenvalue weighted by atomic mass is 10.0. The molecule has 2 amide bonds. The Labute approximate surface area is 225 Å². The molecular weight excluding hydrogens is 529 g/mol. The van der Waals surface area contributed by atoms with Crippen LogP contribution in [0.4, 0.5) is 23.7 Å². The third-order valence-electron chi connectivity index (χ3n) is 5.95. The molecule has 11 heteroatoms. The number of carbonyl (C=O) groups is 1. The number of ether oxygens (including phenoxy) is 1. The fourth-order valence-corrected chi connectivity index (χ4v) is 4.52. The number of nitrogens with one attached hydrogen (secondary N) is 2. The van der Waals surface area contributed by atoms with Crippen molar-refractivity contribution >= 4 is 51.7 Å². The van der Waals surface area contributed by atoms with Crippen molar-refractivity contribution in [2.24, 2.45) is 4.40 Å². The molecule has 0 aliphatic rings. The van der Waals surface area contributed by atoms with Gasteiger partial charge in [-0.3, -0.25) is 4.72 Å². The van der Waals surface area contributed by atoms with E-state index in [4.69, 9.17) is 4.52 Å². The predicted molar refractivity (Wildman–Crippen MR) is 147 cm³/mol. The average Bonchev–Trinajstić information content (AvgIpc) is 3.33. The summed E-state index contributed by atoms with van der Waals surface area (Å²) in [6.45, 7) is 3.85. The second-order valence-corrected chi connectivity index (χ2v) is 9.27. The number of benzene rings is 4. The quantitative estimate of drug-likeness (QED) is 0.165. The Balaban J connectivity index is 1.27. The number of hydrogen-bond acceptors (Lipinski definition) is 6. The summed E-state index contributed by atoms with van der Waals surface area (Å²) in [6.07, 6.45) is -3.13. The van der Waals surface area contributed by atoms with Gasteiger partial charge >= 0.3 is 12.4 Å². The molecule has 0 radical (unpaired) electrons. The number of nitrogens with zero attached hydrogens (tertiary/aromatic N) is 2. The van der Waals surface area contributed by atoms with Gasteiger partial charge in [0.05, 0.1) is 17.5 Å². The topological polar surface area (TPSA) is 88.8 Å². The number of urea groups is 1. The van der Waals surface area contributed by atoms with Gasteiger partial charge in [0.2, 0.25) is 0 Å². The van der Waals surface area contributed by atoms with Crippen LogP contribution in [0.5, 0.6) is 5.75 Å². The highest BCUT2D eigenvalue weighted by atomic mass is 32.2. The van der Waals surface area contributed by atoms with Gasteiger partial charge in [0.15, 0.2) is 5.76 Å². The zero-order chi connectivity index (χ0) is 27.6. The number of halogens is 3. The first-order valence-corrected chi connectivity index (χ1v) is 12.5. The second kappa shape index (κ2) is 10.7. The summed E-state index contributed by atoms with van der Waals surface area (Å²) in [7, 11) is 0. The van der Waals surface area contributed by atoms with E-state index >= 15 is 0 Å². The lowest BCUT2D eigenvalue weighted by molar-refractivity contribution is -0.274. The van der Waals surface area contributed by atoms with E-state index in [0.717, 1.165) is 50.7 Å². The van der Waals surface area contributed by atoms with E-state index in [0.29, 0.717) is 16.8 Å². The molecule has 0 spiro atoms. The van der Waals surface area contributed by atoms with Crippen LogP contribution in [0.15, 0.2) is 81.7 Å². The standard InChI is InChI=1S/C28H21F3N4O3S/c1-16-4-3-5-17(2)24(16)33-27(36)35-39-32-15-18-6-12-22-20(14-18)9-13-23-25(22)34-38-26(23)19-7-10-21(11-8-19)37-28(29,30)31/h3-15H,1-2H3,(H2,33,35,36). The summed E-state index contributed by atoms with van der Waals surface area (Å²) >= 11 is 0.909. The molecule has 0 saturated heterocycles. The first-order chi connectivity index (χ1) is 18.7. The van der Waals surface area contributed by atoms with E-state index in [1.807, 2.05) is 62.4 Å². The maximum absolute atomic E-state index is 12.4. The van der Waals surface area contributed by atoms with Crippen LogP contribution in [-0.2, 0) is 0 Å². The number of anilines is 1. The Bertz CT molecular complexity index is 1680. The van der Waals surface area contributed by atoms with Gasteiger partial charge < -0.3 is 14.6 Å². The van der Waals surface area contributed by atoms with Gasteiger partial charge in [-0.25, -0.2) is 9.19 Å². The predicted octanol–water partition coefficient (Wildman–Crippen LogP) is 7.97. The number of carbonyl (C=O) groups excluding carboxylic acids is 1. The lowest BCUT2D eigenvalue weighted by Crippen LogP contribution is -2.23. The van der Waals surface area contributed by atoms with Crippen molar-refractivity contribution in [1.29, 1.82) is 0 Å². The van der Waals surface area contributed by atoms with Crippen LogP contribution in [0.3, 0.4) is 0 Å². The van der Waals surface area contributed by atoms with Crippen LogP contribution in [0, 0.1) is 13.8 Å². The molecule has 1 heterocycles. The molecule has 1 aromatic heterocycles. The molecule has 5 rings (SSSR count). The molecule has 0 aliphatic heterocycles. The molecular formula is C28H21F3N4O3S. The number of aromatic nitrogens is 1. The lowest BCUT2D eigenvalue weighted by Gasteiger charge is -2.10. The third-order valence-corrected chi connectivity index (χ3v) is 6.44. The van der Waals surface area contributed by atoms with Gasteiger partial charge in [-0.05, 0) is 72.3 Å². The van der Waals surface area contributed by atoms with E-state index in [2.05, 4.69) is 24.3 Å². The van der Waals surface area contributed by atoms with Crippen molar-refractivity contribution in [3.63, 3.8) is 0 Å². The largest absolute Gasteiger partial charge is 0.573 e. The van der Waals surface area contributed by atoms with Crippen LogP contribution >= 0.6 is 12.1 Å². The van der Waals surface area contributed by atoms with E-state index < -0.39 is 6.36 Å². The molecule has 2 N–H and O–H groups in total. The normalized spacial score (nSPS) is 11.8. The molecule has 198 valence electrons. The summed E-state index contributed by atoms with van der Waals surface area (Å²) in [5, 5.41) is 9.49. The molecule has 39 heavy (non-hydrogen) atoms. The maximum atomic E-state index is 12.4. The monoisotopic (exact) mass is 550 g/mol. The van der Waals surface area contributed by atoms with Crippen molar-refractivity contribution in [1.82, 2.24) is 9.88 Å². The summed E-state index contributed by atoms with van der Waals surface area (Å²) < 4.78 is 53.6. The molecule has 0 saturated carbocycles. The summed E-state index contributed by atoms with van der Waals surface area (Å²) in [5.41, 5.74) is 4.72. The Morgan fingerprint density at radius 3 is 2.44 bits per heavy atom. The highest BCUT2D eigenvalue weighted by Crippen LogP contribution is 2.34. The first kappa shape index (κ1) is 26.1. The molecule has 0 unspecified atom stereocenters. The summed E-state index contributed by atoms with van der Waals surface area (Å²) in [6, 6.07) is 20.3. The third kappa shape index (κ3) is 5.99. The minimum Gasteiger partial charge on any atom is -0.406 e. The average molecular weight is 551 g/mol. The van der Waals surface area contributed by atoms with Gasteiger partial charge in [-0.2, -0.15) is 0 Å². The van der Waals surface area contributed by atoms with Crippen LogP contribution in [0.25, 0.3) is 33.0 Å². The zero-order valence-corrected chi connectivity index (χ0v) is 21.5. The van der Waals surface area contributed by atoms with Crippen molar-refractivity contribution < 1.29 is 27.2 Å². The van der Waals surface area contributed by atoms with Crippen molar-refractivity contribution in [2.75, 3.05) is 5.32 Å². The number of rotatable bonds is 6. The fraction of sp³-hybridized carbons (Fsp3) is 0.107. The fourth-order valence-electron chi connectivity index (χ4n) is 4.16. The van der Waals surface area contributed by atoms with Crippen molar-refractivity contribution in [3.05, 3.63) is 89.5 Å². The van der Waals surface area contributed by atoms with E-state index in [1.54, 1.807) is 6.21 Å². The van der Waals surface area contributed by atoms with Gasteiger partial charge in [-0.1, -0.05) is 41.6 Å².